The summed E-state index contributed by atoms with van der Waals surface area (Å²) in [6.07, 6.45) is 1.75. The number of nitrogens with zero attached hydrogens (tertiary/aromatic N) is 1. The average molecular weight is 335 g/mol. The van der Waals surface area contributed by atoms with Crippen molar-refractivity contribution in [1.29, 1.82) is 0 Å². The number of benzene rings is 1. The van der Waals surface area contributed by atoms with Crippen LogP contribution in [0.4, 0.5) is 0 Å². The number of para-hydroxylation sites is 1. The maximum Gasteiger partial charge on any atom is 0.122 e. The fraction of sp³-hybridized carbons (Fsp3) is 0.700. The topological polar surface area (TPSA) is 30.9 Å². The predicted molar refractivity (Wildman–Crippen MR) is 97.9 cm³/mol. The van der Waals surface area contributed by atoms with Gasteiger partial charge in [-0.1, -0.05) is 32.0 Å². The maximum atomic E-state index is 5.93. The summed E-state index contributed by atoms with van der Waals surface area (Å²) in [4.78, 5) is 2.41. The largest absolute Gasteiger partial charge is 0.491 e. The molecule has 2 rings (SSSR count). The molecule has 0 N–H and O–H groups in total. The van der Waals surface area contributed by atoms with E-state index in [4.69, 9.17) is 14.2 Å². The molecule has 1 fully saturated rings. The molecule has 0 aliphatic carbocycles. The molecule has 0 bridgehead atoms. The van der Waals surface area contributed by atoms with Gasteiger partial charge >= 0.3 is 0 Å². The Morgan fingerprint density at radius 3 is 2.54 bits per heavy atom. The van der Waals surface area contributed by atoms with Crippen molar-refractivity contribution in [2.75, 3.05) is 39.5 Å². The van der Waals surface area contributed by atoms with Crippen LogP contribution in [-0.4, -0.2) is 56.6 Å². The second-order valence-corrected chi connectivity index (χ2v) is 6.82. The van der Waals surface area contributed by atoms with E-state index in [9.17, 15) is 0 Å². The second kappa shape index (κ2) is 10.0. The Labute approximate surface area is 147 Å². The predicted octanol–water partition coefficient (Wildman–Crippen LogP) is 3.70. The summed E-state index contributed by atoms with van der Waals surface area (Å²) >= 11 is 0. The molecule has 0 radical (unpaired) electrons. The van der Waals surface area contributed by atoms with Gasteiger partial charge in [0, 0.05) is 19.6 Å². The van der Waals surface area contributed by atoms with Crippen molar-refractivity contribution in [3.05, 3.63) is 29.8 Å². The molecule has 24 heavy (non-hydrogen) atoms. The van der Waals surface area contributed by atoms with Crippen molar-refractivity contribution in [3.8, 4) is 5.75 Å². The molecule has 3 atom stereocenters. The van der Waals surface area contributed by atoms with Crippen LogP contribution in [0, 0.1) is 0 Å². The zero-order valence-corrected chi connectivity index (χ0v) is 15.7. The van der Waals surface area contributed by atoms with E-state index >= 15 is 0 Å². The third kappa shape index (κ3) is 6.08. The molecule has 1 aromatic rings. The fourth-order valence-electron chi connectivity index (χ4n) is 3.21. The lowest BCUT2D eigenvalue weighted by molar-refractivity contribution is -0.0734. The highest BCUT2D eigenvalue weighted by molar-refractivity contribution is 5.35. The Hall–Kier alpha value is -1.10. The zero-order chi connectivity index (χ0) is 17.4. The highest BCUT2D eigenvalue weighted by atomic mass is 16.5. The summed E-state index contributed by atoms with van der Waals surface area (Å²) in [6, 6.07) is 8.32. The summed E-state index contributed by atoms with van der Waals surface area (Å²) < 4.78 is 17.4. The molecule has 1 aromatic carbocycles. The van der Waals surface area contributed by atoms with Crippen molar-refractivity contribution in [2.24, 2.45) is 0 Å². The quantitative estimate of drug-likeness (QED) is 0.644. The number of hydrogen-bond donors (Lipinski definition) is 0. The van der Waals surface area contributed by atoms with Gasteiger partial charge in [-0.05, 0) is 37.8 Å². The first kappa shape index (κ1) is 19.2. The number of rotatable bonds is 9. The van der Waals surface area contributed by atoms with E-state index in [1.165, 1.54) is 5.56 Å². The summed E-state index contributed by atoms with van der Waals surface area (Å²) in [5, 5.41) is 0. The van der Waals surface area contributed by atoms with Crippen molar-refractivity contribution in [3.63, 3.8) is 0 Å². The van der Waals surface area contributed by atoms with E-state index in [-0.39, 0.29) is 0 Å². The molecule has 4 nitrogen and oxygen atoms in total. The van der Waals surface area contributed by atoms with Crippen LogP contribution in [-0.2, 0) is 9.47 Å². The van der Waals surface area contributed by atoms with Crippen LogP contribution in [0.5, 0.6) is 5.75 Å². The van der Waals surface area contributed by atoms with E-state index in [0.29, 0.717) is 31.3 Å². The van der Waals surface area contributed by atoms with Gasteiger partial charge in [-0.25, -0.2) is 0 Å². The van der Waals surface area contributed by atoms with Crippen LogP contribution in [0.25, 0.3) is 0 Å². The Morgan fingerprint density at radius 2 is 1.83 bits per heavy atom. The van der Waals surface area contributed by atoms with Crippen LogP contribution in [0.1, 0.15) is 45.6 Å². The molecule has 0 unspecified atom stereocenters. The Kier molecular flexibility index (Phi) is 8.03. The zero-order valence-electron chi connectivity index (χ0n) is 15.7. The van der Waals surface area contributed by atoms with E-state index in [2.05, 4.69) is 50.8 Å². The van der Waals surface area contributed by atoms with Crippen LogP contribution in [0.15, 0.2) is 24.3 Å². The minimum absolute atomic E-state index is 0.314. The third-order valence-corrected chi connectivity index (χ3v) is 4.59. The SMILES string of the molecule is CC[C@@H](C)c1ccccc1OCCOCCN1C[C@@H](C)O[C@H](C)C1. The standard InChI is InChI=1S/C20H33NO3/c1-5-16(2)19-8-6-7-9-20(19)23-13-12-22-11-10-21-14-17(3)24-18(4)15-21/h6-9,16-18H,5,10-15H2,1-4H3/t16-,17-,18-/m1/s1. The first-order chi connectivity index (χ1) is 11.6. The van der Waals surface area contributed by atoms with Gasteiger partial charge in [0.2, 0.25) is 0 Å². The van der Waals surface area contributed by atoms with Crippen molar-refractivity contribution in [2.45, 2.75) is 52.2 Å². The summed E-state index contributed by atoms with van der Waals surface area (Å²) in [7, 11) is 0. The van der Waals surface area contributed by atoms with Crippen LogP contribution < -0.4 is 4.74 Å². The van der Waals surface area contributed by atoms with Gasteiger partial charge in [-0.3, -0.25) is 4.90 Å². The third-order valence-electron chi connectivity index (χ3n) is 4.59. The molecular weight excluding hydrogens is 302 g/mol. The van der Waals surface area contributed by atoms with Gasteiger partial charge in [-0.2, -0.15) is 0 Å². The monoisotopic (exact) mass is 335 g/mol. The van der Waals surface area contributed by atoms with Crippen LogP contribution in [0.3, 0.4) is 0 Å². The summed E-state index contributed by atoms with van der Waals surface area (Å²) in [5.74, 6) is 1.51. The minimum Gasteiger partial charge on any atom is -0.491 e. The Bertz CT molecular complexity index is 470. The highest BCUT2D eigenvalue weighted by Gasteiger charge is 2.21. The van der Waals surface area contributed by atoms with Crippen LogP contribution in [0.2, 0.25) is 0 Å². The van der Waals surface area contributed by atoms with E-state index < -0.39 is 0 Å². The lowest BCUT2D eigenvalue weighted by Crippen LogP contribution is -2.46. The first-order valence-electron chi connectivity index (χ1n) is 9.27. The molecular formula is C20H33NO3. The molecule has 4 heteroatoms. The molecule has 1 heterocycles. The second-order valence-electron chi connectivity index (χ2n) is 6.82. The molecule has 1 aliphatic heterocycles. The van der Waals surface area contributed by atoms with Gasteiger partial charge in [-0.15, -0.1) is 0 Å². The average Bonchev–Trinajstić information content (AvgIpc) is 2.56. The lowest BCUT2D eigenvalue weighted by Gasteiger charge is -2.35. The Balaban J connectivity index is 1.63. The van der Waals surface area contributed by atoms with Gasteiger partial charge in [0.05, 0.1) is 25.4 Å². The fourth-order valence-corrected chi connectivity index (χ4v) is 3.21. The molecule has 1 saturated heterocycles. The molecule has 0 spiro atoms. The molecule has 0 amide bonds. The highest BCUT2D eigenvalue weighted by Crippen LogP contribution is 2.28. The number of hydrogen-bond acceptors (Lipinski definition) is 4. The van der Waals surface area contributed by atoms with E-state index in [1.807, 2.05) is 6.07 Å². The molecule has 0 aromatic heterocycles. The van der Waals surface area contributed by atoms with Gasteiger partial charge in [0.15, 0.2) is 0 Å². The molecule has 136 valence electrons. The van der Waals surface area contributed by atoms with Gasteiger partial charge < -0.3 is 14.2 Å². The summed E-state index contributed by atoms with van der Waals surface area (Å²) in [6.45, 7) is 13.6. The summed E-state index contributed by atoms with van der Waals surface area (Å²) in [5.41, 5.74) is 1.29. The normalized spacial score (nSPS) is 23.2. The first-order valence-corrected chi connectivity index (χ1v) is 9.27. The Morgan fingerprint density at radius 1 is 1.12 bits per heavy atom. The molecule has 1 aliphatic rings. The number of morpholine rings is 1. The minimum atomic E-state index is 0.314. The van der Waals surface area contributed by atoms with Crippen LogP contribution >= 0.6 is 0 Å². The van der Waals surface area contributed by atoms with Crippen molar-refractivity contribution < 1.29 is 14.2 Å². The van der Waals surface area contributed by atoms with Crippen molar-refractivity contribution in [1.82, 2.24) is 4.90 Å². The number of ether oxygens (including phenoxy) is 3. The van der Waals surface area contributed by atoms with E-state index in [0.717, 1.165) is 38.4 Å². The molecule has 0 saturated carbocycles. The van der Waals surface area contributed by atoms with E-state index in [1.54, 1.807) is 0 Å². The van der Waals surface area contributed by atoms with Crippen molar-refractivity contribution >= 4 is 0 Å². The van der Waals surface area contributed by atoms with Gasteiger partial charge in [0.1, 0.15) is 12.4 Å². The smallest absolute Gasteiger partial charge is 0.122 e. The maximum absolute atomic E-state index is 5.93. The van der Waals surface area contributed by atoms with Gasteiger partial charge in [0.25, 0.3) is 0 Å². The lowest BCUT2D eigenvalue weighted by atomic mass is 9.98.